The maximum atomic E-state index is 11.0. The Balaban J connectivity index is 3.20. The molecule has 0 aromatic rings. The van der Waals surface area contributed by atoms with Gasteiger partial charge < -0.3 is 20.5 Å². The van der Waals surface area contributed by atoms with Gasteiger partial charge in [-0.15, -0.1) is 0 Å². The molecule has 0 rings (SSSR count). The van der Waals surface area contributed by atoms with Gasteiger partial charge in [-0.1, -0.05) is 0 Å². The van der Waals surface area contributed by atoms with Gasteiger partial charge in [0.1, 0.15) is 6.61 Å². The predicted molar refractivity (Wildman–Crippen MR) is 49.4 cm³/mol. The standard InChI is InChI=1S/C8H18N2O3/c1-7(9)5-10-8(11)6-13-4-3-12-2/h7H,3-6,9H2,1-2H3,(H,10,11). The van der Waals surface area contributed by atoms with E-state index in [4.69, 9.17) is 15.2 Å². The summed E-state index contributed by atoms with van der Waals surface area (Å²) in [5.41, 5.74) is 5.44. The van der Waals surface area contributed by atoms with Crippen LogP contribution in [0.1, 0.15) is 6.92 Å². The molecule has 0 aliphatic rings. The number of carbonyl (C=O) groups is 1. The minimum Gasteiger partial charge on any atom is -0.382 e. The highest BCUT2D eigenvalue weighted by Crippen LogP contribution is 1.77. The molecule has 0 spiro atoms. The summed E-state index contributed by atoms with van der Waals surface area (Å²) in [4.78, 5) is 11.0. The van der Waals surface area contributed by atoms with Crippen LogP contribution >= 0.6 is 0 Å². The molecule has 0 saturated carbocycles. The Bertz CT molecular complexity index is 139. The molecule has 13 heavy (non-hydrogen) atoms. The van der Waals surface area contributed by atoms with Crippen LogP contribution in [0.2, 0.25) is 0 Å². The number of amides is 1. The first-order chi connectivity index (χ1) is 6.16. The zero-order chi connectivity index (χ0) is 10.1. The van der Waals surface area contributed by atoms with Crippen LogP contribution in [0.3, 0.4) is 0 Å². The van der Waals surface area contributed by atoms with Crippen LogP contribution in [0.15, 0.2) is 0 Å². The third-order valence-corrected chi connectivity index (χ3v) is 1.29. The largest absolute Gasteiger partial charge is 0.382 e. The highest BCUT2D eigenvalue weighted by Gasteiger charge is 2.01. The molecule has 0 heterocycles. The van der Waals surface area contributed by atoms with Crippen LogP contribution in [-0.2, 0) is 14.3 Å². The molecular formula is C8H18N2O3. The number of ether oxygens (including phenoxy) is 2. The van der Waals surface area contributed by atoms with E-state index in [0.29, 0.717) is 19.8 Å². The minimum atomic E-state index is -0.145. The van der Waals surface area contributed by atoms with Crippen molar-refractivity contribution >= 4 is 5.91 Å². The Kier molecular flexibility index (Phi) is 7.57. The number of methoxy groups -OCH3 is 1. The molecule has 0 aromatic heterocycles. The monoisotopic (exact) mass is 190 g/mol. The van der Waals surface area contributed by atoms with E-state index in [-0.39, 0.29) is 18.6 Å². The zero-order valence-corrected chi connectivity index (χ0v) is 8.21. The lowest BCUT2D eigenvalue weighted by molar-refractivity contribution is -0.126. The first-order valence-electron chi connectivity index (χ1n) is 4.25. The Morgan fingerprint density at radius 1 is 1.54 bits per heavy atom. The number of carbonyl (C=O) groups excluding carboxylic acids is 1. The Morgan fingerprint density at radius 3 is 2.77 bits per heavy atom. The van der Waals surface area contributed by atoms with Gasteiger partial charge in [0.2, 0.25) is 5.91 Å². The maximum absolute atomic E-state index is 11.0. The van der Waals surface area contributed by atoms with Crippen LogP contribution in [0.5, 0.6) is 0 Å². The second kappa shape index (κ2) is 7.97. The van der Waals surface area contributed by atoms with Crippen molar-refractivity contribution in [3.05, 3.63) is 0 Å². The first kappa shape index (κ1) is 12.3. The van der Waals surface area contributed by atoms with Crippen molar-refractivity contribution in [1.29, 1.82) is 0 Å². The fourth-order valence-electron chi connectivity index (χ4n) is 0.633. The van der Waals surface area contributed by atoms with E-state index in [0.717, 1.165) is 0 Å². The molecular weight excluding hydrogens is 172 g/mol. The van der Waals surface area contributed by atoms with E-state index in [2.05, 4.69) is 5.32 Å². The third kappa shape index (κ3) is 9.26. The van der Waals surface area contributed by atoms with Gasteiger partial charge in [0.15, 0.2) is 0 Å². The van der Waals surface area contributed by atoms with Crippen molar-refractivity contribution in [1.82, 2.24) is 5.32 Å². The summed E-state index contributed by atoms with van der Waals surface area (Å²) in [6.07, 6.45) is 0. The zero-order valence-electron chi connectivity index (χ0n) is 8.21. The average molecular weight is 190 g/mol. The van der Waals surface area contributed by atoms with Gasteiger partial charge >= 0.3 is 0 Å². The lowest BCUT2D eigenvalue weighted by Gasteiger charge is -2.07. The van der Waals surface area contributed by atoms with Gasteiger partial charge in [-0.25, -0.2) is 0 Å². The molecule has 0 bridgehead atoms. The summed E-state index contributed by atoms with van der Waals surface area (Å²) in [7, 11) is 1.58. The fraction of sp³-hybridized carbons (Fsp3) is 0.875. The fourth-order valence-corrected chi connectivity index (χ4v) is 0.633. The Labute approximate surface area is 78.6 Å². The molecule has 0 saturated heterocycles. The molecule has 78 valence electrons. The van der Waals surface area contributed by atoms with Crippen molar-refractivity contribution in [3.63, 3.8) is 0 Å². The van der Waals surface area contributed by atoms with E-state index in [1.807, 2.05) is 6.92 Å². The number of nitrogens with two attached hydrogens (primary N) is 1. The van der Waals surface area contributed by atoms with Crippen LogP contribution < -0.4 is 11.1 Å². The lowest BCUT2D eigenvalue weighted by atomic mass is 10.3. The van der Waals surface area contributed by atoms with Crippen LogP contribution in [0, 0.1) is 0 Å². The van der Waals surface area contributed by atoms with Crippen molar-refractivity contribution in [3.8, 4) is 0 Å². The second-order valence-corrected chi connectivity index (χ2v) is 2.83. The molecule has 0 fully saturated rings. The molecule has 5 heteroatoms. The maximum Gasteiger partial charge on any atom is 0.246 e. The summed E-state index contributed by atoms with van der Waals surface area (Å²) in [5.74, 6) is -0.145. The topological polar surface area (TPSA) is 73.6 Å². The summed E-state index contributed by atoms with van der Waals surface area (Å²) >= 11 is 0. The van der Waals surface area contributed by atoms with E-state index >= 15 is 0 Å². The highest BCUT2D eigenvalue weighted by atomic mass is 16.5. The van der Waals surface area contributed by atoms with E-state index in [1.165, 1.54) is 0 Å². The van der Waals surface area contributed by atoms with Gasteiger partial charge in [0.25, 0.3) is 0 Å². The third-order valence-electron chi connectivity index (χ3n) is 1.29. The molecule has 0 aliphatic heterocycles. The van der Waals surface area contributed by atoms with Gasteiger partial charge in [0.05, 0.1) is 13.2 Å². The van der Waals surface area contributed by atoms with Gasteiger partial charge in [-0.05, 0) is 6.92 Å². The van der Waals surface area contributed by atoms with Crippen LogP contribution in [0.4, 0.5) is 0 Å². The predicted octanol–water partition coefficient (Wildman–Crippen LogP) is -0.887. The average Bonchev–Trinajstić information content (AvgIpc) is 2.09. The van der Waals surface area contributed by atoms with Crippen LogP contribution in [0.25, 0.3) is 0 Å². The minimum absolute atomic E-state index is 0.0251. The summed E-state index contributed by atoms with van der Waals surface area (Å²) in [6.45, 7) is 3.30. The van der Waals surface area contributed by atoms with Crippen LogP contribution in [-0.4, -0.2) is 45.4 Å². The molecule has 0 radical (unpaired) electrons. The summed E-state index contributed by atoms with van der Waals surface area (Å²) < 4.78 is 9.74. The molecule has 1 amide bonds. The normalized spacial score (nSPS) is 12.5. The number of hydrogen-bond donors (Lipinski definition) is 2. The van der Waals surface area contributed by atoms with E-state index in [9.17, 15) is 4.79 Å². The van der Waals surface area contributed by atoms with Gasteiger partial charge in [-0.2, -0.15) is 0 Å². The molecule has 1 atom stereocenters. The Morgan fingerprint density at radius 2 is 2.23 bits per heavy atom. The van der Waals surface area contributed by atoms with E-state index < -0.39 is 0 Å². The number of rotatable bonds is 7. The number of nitrogens with one attached hydrogen (secondary N) is 1. The van der Waals surface area contributed by atoms with E-state index in [1.54, 1.807) is 7.11 Å². The lowest BCUT2D eigenvalue weighted by Crippen LogP contribution is -2.37. The van der Waals surface area contributed by atoms with Crippen molar-refractivity contribution in [2.24, 2.45) is 5.73 Å². The Hall–Kier alpha value is -0.650. The molecule has 0 aromatic carbocycles. The first-order valence-corrected chi connectivity index (χ1v) is 4.25. The van der Waals surface area contributed by atoms with Crippen molar-refractivity contribution in [2.45, 2.75) is 13.0 Å². The summed E-state index contributed by atoms with van der Waals surface area (Å²) in [6, 6.07) is -0.0251. The number of hydrogen-bond acceptors (Lipinski definition) is 4. The molecule has 0 aliphatic carbocycles. The van der Waals surface area contributed by atoms with Gasteiger partial charge in [-0.3, -0.25) is 4.79 Å². The smallest absolute Gasteiger partial charge is 0.246 e. The molecule has 3 N–H and O–H groups in total. The molecule has 5 nitrogen and oxygen atoms in total. The summed E-state index contributed by atoms with van der Waals surface area (Å²) in [5, 5.41) is 2.63. The quantitative estimate of drug-likeness (QED) is 0.511. The van der Waals surface area contributed by atoms with Gasteiger partial charge in [0, 0.05) is 19.7 Å². The SMILES string of the molecule is COCCOCC(=O)NCC(C)N. The van der Waals surface area contributed by atoms with Crippen molar-refractivity contribution in [2.75, 3.05) is 33.5 Å². The second-order valence-electron chi connectivity index (χ2n) is 2.83. The van der Waals surface area contributed by atoms with Crippen molar-refractivity contribution < 1.29 is 14.3 Å². The molecule has 1 unspecified atom stereocenters. The highest BCUT2D eigenvalue weighted by molar-refractivity contribution is 5.77.